The fourth-order valence-corrected chi connectivity index (χ4v) is 1.13. The summed E-state index contributed by atoms with van der Waals surface area (Å²) < 4.78 is 0. The van der Waals surface area contributed by atoms with Crippen LogP contribution in [0.3, 0.4) is 0 Å². The van der Waals surface area contributed by atoms with Crippen molar-refractivity contribution in [2.24, 2.45) is 17.3 Å². The number of hydrogen-bond acceptors (Lipinski definition) is 2. The molecule has 0 aliphatic rings. The number of hydrogen-bond donors (Lipinski definition) is 2. The lowest BCUT2D eigenvalue weighted by molar-refractivity contribution is -0.124. The molecule has 2 atom stereocenters. The first-order valence-corrected chi connectivity index (χ1v) is 5.71. The van der Waals surface area contributed by atoms with Gasteiger partial charge in [0.25, 0.3) is 0 Å². The van der Waals surface area contributed by atoms with Crippen LogP contribution < -0.4 is 10.6 Å². The van der Waals surface area contributed by atoms with E-state index in [-0.39, 0.29) is 17.2 Å². The van der Waals surface area contributed by atoms with Crippen molar-refractivity contribution in [1.82, 2.24) is 10.6 Å². The zero-order valence-electron chi connectivity index (χ0n) is 11.0. The molecule has 0 spiro atoms. The molecule has 0 aliphatic heterocycles. The molecule has 0 radical (unpaired) electrons. The normalized spacial score (nSPS) is 15.9. The summed E-state index contributed by atoms with van der Waals surface area (Å²) in [6.45, 7) is 12.2. The van der Waals surface area contributed by atoms with Crippen molar-refractivity contribution in [1.29, 1.82) is 0 Å². The molecule has 90 valence electrons. The third-order valence-electron chi connectivity index (χ3n) is 3.02. The number of amides is 1. The van der Waals surface area contributed by atoms with Crippen LogP contribution in [-0.4, -0.2) is 26.0 Å². The summed E-state index contributed by atoms with van der Waals surface area (Å²) in [6.07, 6.45) is 0. The van der Waals surface area contributed by atoms with Gasteiger partial charge in [0, 0.05) is 19.0 Å². The maximum atomic E-state index is 11.6. The number of rotatable bonds is 5. The number of nitrogens with one attached hydrogen (secondary N) is 2. The predicted octanol–water partition coefficient (Wildman–Crippen LogP) is 1.64. The summed E-state index contributed by atoms with van der Waals surface area (Å²) in [4.78, 5) is 11.6. The Kier molecular flexibility index (Phi) is 5.88. The van der Waals surface area contributed by atoms with Gasteiger partial charge in [-0.05, 0) is 18.4 Å². The Morgan fingerprint density at radius 1 is 1.20 bits per heavy atom. The van der Waals surface area contributed by atoms with Crippen LogP contribution in [0.25, 0.3) is 0 Å². The van der Waals surface area contributed by atoms with Crippen LogP contribution in [0.2, 0.25) is 0 Å². The van der Waals surface area contributed by atoms with E-state index >= 15 is 0 Å². The first-order valence-electron chi connectivity index (χ1n) is 5.71. The van der Waals surface area contributed by atoms with Crippen molar-refractivity contribution in [3.8, 4) is 0 Å². The standard InChI is InChI=1S/C12H26N2O/c1-9(7-13-6)11(15)14-8-10(2)12(3,4)5/h9-10,13H,7-8H2,1-6H3,(H,14,15). The average Bonchev–Trinajstić information content (AvgIpc) is 2.12. The van der Waals surface area contributed by atoms with Crippen molar-refractivity contribution in [2.45, 2.75) is 34.6 Å². The average molecular weight is 214 g/mol. The summed E-state index contributed by atoms with van der Waals surface area (Å²) in [7, 11) is 1.86. The van der Waals surface area contributed by atoms with Crippen LogP contribution in [0, 0.1) is 17.3 Å². The molecule has 0 aromatic rings. The van der Waals surface area contributed by atoms with Crippen LogP contribution >= 0.6 is 0 Å². The zero-order chi connectivity index (χ0) is 12.1. The predicted molar refractivity (Wildman–Crippen MR) is 64.7 cm³/mol. The Labute approximate surface area is 94.0 Å². The smallest absolute Gasteiger partial charge is 0.224 e. The van der Waals surface area contributed by atoms with E-state index in [1.807, 2.05) is 14.0 Å². The zero-order valence-corrected chi connectivity index (χ0v) is 11.0. The molecule has 2 N–H and O–H groups in total. The molecular weight excluding hydrogens is 188 g/mol. The van der Waals surface area contributed by atoms with Crippen LogP contribution in [0.4, 0.5) is 0 Å². The van der Waals surface area contributed by atoms with Gasteiger partial charge in [-0.3, -0.25) is 4.79 Å². The molecule has 3 nitrogen and oxygen atoms in total. The van der Waals surface area contributed by atoms with Gasteiger partial charge in [0.05, 0.1) is 0 Å². The minimum absolute atomic E-state index is 0.0437. The van der Waals surface area contributed by atoms with Gasteiger partial charge < -0.3 is 10.6 Å². The molecular formula is C12H26N2O. The van der Waals surface area contributed by atoms with E-state index in [4.69, 9.17) is 0 Å². The molecule has 3 heteroatoms. The molecule has 0 saturated heterocycles. The number of carbonyl (C=O) groups is 1. The Hall–Kier alpha value is -0.570. The highest BCUT2D eigenvalue weighted by atomic mass is 16.1. The van der Waals surface area contributed by atoms with Crippen molar-refractivity contribution in [3.63, 3.8) is 0 Å². The highest BCUT2D eigenvalue weighted by Gasteiger charge is 2.21. The largest absolute Gasteiger partial charge is 0.356 e. The van der Waals surface area contributed by atoms with Gasteiger partial charge in [-0.2, -0.15) is 0 Å². The second-order valence-electron chi connectivity index (χ2n) is 5.47. The Morgan fingerprint density at radius 3 is 2.13 bits per heavy atom. The number of carbonyl (C=O) groups excluding carboxylic acids is 1. The van der Waals surface area contributed by atoms with E-state index in [9.17, 15) is 4.79 Å². The molecule has 0 aliphatic carbocycles. The van der Waals surface area contributed by atoms with Crippen LogP contribution in [0.1, 0.15) is 34.6 Å². The lowest BCUT2D eigenvalue weighted by Gasteiger charge is -2.27. The monoisotopic (exact) mass is 214 g/mol. The Bertz CT molecular complexity index is 196. The van der Waals surface area contributed by atoms with Crippen LogP contribution in [0.15, 0.2) is 0 Å². The van der Waals surface area contributed by atoms with Gasteiger partial charge in [0.15, 0.2) is 0 Å². The van der Waals surface area contributed by atoms with E-state index < -0.39 is 0 Å². The molecule has 0 fully saturated rings. The third kappa shape index (κ3) is 5.78. The highest BCUT2D eigenvalue weighted by Crippen LogP contribution is 2.24. The van der Waals surface area contributed by atoms with E-state index in [0.29, 0.717) is 5.92 Å². The summed E-state index contributed by atoms with van der Waals surface area (Å²) in [5.41, 5.74) is 0.250. The Balaban J connectivity index is 3.90. The summed E-state index contributed by atoms with van der Waals surface area (Å²) in [5.74, 6) is 0.672. The second-order valence-corrected chi connectivity index (χ2v) is 5.47. The molecule has 0 rings (SSSR count). The maximum absolute atomic E-state index is 11.6. The Morgan fingerprint density at radius 2 is 1.73 bits per heavy atom. The van der Waals surface area contributed by atoms with Crippen molar-refractivity contribution in [2.75, 3.05) is 20.1 Å². The fraction of sp³-hybridized carbons (Fsp3) is 0.917. The minimum Gasteiger partial charge on any atom is -0.356 e. The molecule has 0 aromatic carbocycles. The molecule has 2 unspecified atom stereocenters. The van der Waals surface area contributed by atoms with E-state index in [0.717, 1.165) is 13.1 Å². The van der Waals surface area contributed by atoms with Crippen molar-refractivity contribution < 1.29 is 4.79 Å². The van der Waals surface area contributed by atoms with Crippen molar-refractivity contribution >= 4 is 5.91 Å². The molecule has 15 heavy (non-hydrogen) atoms. The van der Waals surface area contributed by atoms with E-state index in [2.05, 4.69) is 38.3 Å². The van der Waals surface area contributed by atoms with Crippen molar-refractivity contribution in [3.05, 3.63) is 0 Å². The van der Waals surface area contributed by atoms with Gasteiger partial charge in [-0.1, -0.05) is 34.6 Å². The van der Waals surface area contributed by atoms with Gasteiger partial charge in [0.2, 0.25) is 5.91 Å². The SMILES string of the molecule is CNCC(C)C(=O)NCC(C)C(C)(C)C. The lowest BCUT2D eigenvalue weighted by atomic mass is 9.82. The topological polar surface area (TPSA) is 41.1 Å². The molecule has 0 heterocycles. The summed E-state index contributed by atoms with van der Waals surface area (Å²) in [5, 5.41) is 6.00. The minimum atomic E-state index is 0.0437. The van der Waals surface area contributed by atoms with Crippen LogP contribution in [0.5, 0.6) is 0 Å². The summed E-state index contributed by atoms with van der Waals surface area (Å²) >= 11 is 0. The molecule has 1 amide bonds. The summed E-state index contributed by atoms with van der Waals surface area (Å²) in [6, 6.07) is 0. The van der Waals surface area contributed by atoms with Gasteiger partial charge in [0.1, 0.15) is 0 Å². The van der Waals surface area contributed by atoms with Gasteiger partial charge in [-0.15, -0.1) is 0 Å². The second kappa shape index (κ2) is 6.11. The first kappa shape index (κ1) is 14.4. The van der Waals surface area contributed by atoms with Gasteiger partial charge in [-0.25, -0.2) is 0 Å². The third-order valence-corrected chi connectivity index (χ3v) is 3.02. The van der Waals surface area contributed by atoms with Gasteiger partial charge >= 0.3 is 0 Å². The fourth-order valence-electron chi connectivity index (χ4n) is 1.13. The quantitative estimate of drug-likeness (QED) is 0.730. The molecule has 0 bridgehead atoms. The van der Waals surface area contributed by atoms with E-state index in [1.165, 1.54) is 0 Å². The lowest BCUT2D eigenvalue weighted by Crippen LogP contribution is -2.39. The van der Waals surface area contributed by atoms with E-state index in [1.54, 1.807) is 0 Å². The maximum Gasteiger partial charge on any atom is 0.224 e. The molecule has 0 aromatic heterocycles. The molecule has 0 saturated carbocycles. The first-order chi connectivity index (χ1) is 6.79. The highest BCUT2D eigenvalue weighted by molar-refractivity contribution is 5.78. The van der Waals surface area contributed by atoms with Crippen LogP contribution in [-0.2, 0) is 4.79 Å².